The lowest BCUT2D eigenvalue weighted by atomic mass is 10.6. The second-order valence-electron chi connectivity index (χ2n) is 2.02. The molecule has 0 aliphatic carbocycles. The molecule has 0 radical (unpaired) electrons. The summed E-state index contributed by atoms with van der Waals surface area (Å²) in [5.41, 5.74) is 1.06. The zero-order chi connectivity index (χ0) is 7.84. The van der Waals surface area contributed by atoms with Crippen molar-refractivity contribution in [3.63, 3.8) is 0 Å². The molecule has 6 nitrogen and oxygen atoms in total. The van der Waals surface area contributed by atoms with Crippen LogP contribution in [0.5, 0.6) is 0 Å². The third-order valence-corrected chi connectivity index (χ3v) is 1.30. The first-order chi connectivity index (χ1) is 5.27. The number of nitrogens with one attached hydrogen (secondary N) is 2. The van der Waals surface area contributed by atoms with Crippen LogP contribution in [0.2, 0.25) is 0 Å². The molecule has 0 aromatic carbocycles. The molecule has 0 saturated carbocycles. The monoisotopic (exact) mass is 152 g/mol. The zero-order valence-electron chi connectivity index (χ0n) is 5.33. The first kappa shape index (κ1) is 5.90. The van der Waals surface area contributed by atoms with E-state index in [1.165, 1.54) is 6.20 Å². The first-order valence-electron chi connectivity index (χ1n) is 2.90. The summed E-state index contributed by atoms with van der Waals surface area (Å²) in [5.74, 6) is -1.15. The number of hydrogen-bond donors (Lipinski definition) is 3. The molecule has 0 spiro atoms. The number of carboxylic acids is 1. The number of hydrogen-bond acceptors (Lipinski definition) is 3. The molecule has 2 aromatic heterocycles. The summed E-state index contributed by atoms with van der Waals surface area (Å²) < 4.78 is 0. The second kappa shape index (κ2) is 1.82. The summed E-state index contributed by atoms with van der Waals surface area (Å²) in [6.45, 7) is 0. The molecule has 0 fully saturated rings. The highest BCUT2D eigenvalue weighted by Gasteiger charge is 2.09. The number of aromatic carboxylic acids is 1. The highest BCUT2D eigenvalue weighted by atomic mass is 16.4. The van der Waals surface area contributed by atoms with E-state index >= 15 is 0 Å². The van der Waals surface area contributed by atoms with Crippen molar-refractivity contribution in [2.75, 3.05) is 0 Å². The summed E-state index contributed by atoms with van der Waals surface area (Å²) in [4.78, 5) is 16.6. The predicted molar refractivity (Wildman–Crippen MR) is 35.2 cm³/mol. The summed E-state index contributed by atoms with van der Waals surface area (Å²) in [6.07, 6.45) is 1.48. The van der Waals surface area contributed by atoms with Crippen molar-refractivity contribution < 1.29 is 9.90 Å². The molecule has 2 aromatic rings. The Morgan fingerprint density at radius 3 is 3.09 bits per heavy atom. The van der Waals surface area contributed by atoms with Gasteiger partial charge < -0.3 is 10.1 Å². The lowest BCUT2D eigenvalue weighted by molar-refractivity contribution is 0.0685. The van der Waals surface area contributed by atoms with Gasteiger partial charge in [0.1, 0.15) is 5.52 Å². The highest BCUT2D eigenvalue weighted by Crippen LogP contribution is 2.05. The number of H-pyrrole nitrogens is 2. The van der Waals surface area contributed by atoms with Gasteiger partial charge in [0, 0.05) is 0 Å². The van der Waals surface area contributed by atoms with E-state index in [1.807, 2.05) is 0 Å². The first-order valence-corrected chi connectivity index (χ1v) is 2.90. The van der Waals surface area contributed by atoms with Crippen LogP contribution in [0.1, 0.15) is 10.6 Å². The molecule has 0 atom stereocenters. The fourth-order valence-electron chi connectivity index (χ4n) is 0.825. The zero-order valence-corrected chi connectivity index (χ0v) is 5.33. The summed E-state index contributed by atoms with van der Waals surface area (Å²) in [6, 6.07) is 0. The van der Waals surface area contributed by atoms with E-state index in [2.05, 4.69) is 20.2 Å². The molecular weight excluding hydrogens is 148 g/mol. The number of imidazole rings is 1. The van der Waals surface area contributed by atoms with Crippen molar-refractivity contribution in [3.05, 3.63) is 12.0 Å². The second-order valence-corrected chi connectivity index (χ2v) is 2.02. The van der Waals surface area contributed by atoms with E-state index in [0.29, 0.717) is 11.2 Å². The van der Waals surface area contributed by atoms with Crippen LogP contribution in [0.4, 0.5) is 0 Å². The number of aromatic amines is 2. The van der Waals surface area contributed by atoms with Crippen LogP contribution in [0, 0.1) is 0 Å². The average Bonchev–Trinajstić information content (AvgIpc) is 2.40. The average molecular weight is 152 g/mol. The lowest BCUT2D eigenvalue weighted by Gasteiger charge is -1.80. The molecule has 0 saturated heterocycles. The Morgan fingerprint density at radius 2 is 2.45 bits per heavy atom. The number of carbonyl (C=O) groups is 1. The van der Waals surface area contributed by atoms with Crippen LogP contribution >= 0.6 is 0 Å². The van der Waals surface area contributed by atoms with Gasteiger partial charge in [0.15, 0.2) is 5.65 Å². The van der Waals surface area contributed by atoms with E-state index in [9.17, 15) is 4.79 Å². The molecule has 0 aliphatic heterocycles. The minimum atomic E-state index is -1.07. The van der Waals surface area contributed by atoms with Crippen LogP contribution in [0.3, 0.4) is 0 Å². The van der Waals surface area contributed by atoms with Crippen molar-refractivity contribution in [1.29, 1.82) is 0 Å². The maximum absolute atomic E-state index is 10.3. The molecule has 2 rings (SSSR count). The maximum Gasteiger partial charge on any atom is 0.371 e. The number of carboxylic acid groups (broad SMARTS) is 1. The van der Waals surface area contributed by atoms with Gasteiger partial charge in [-0.15, -0.1) is 0 Å². The molecule has 0 amide bonds. The minimum absolute atomic E-state index is 0.0753. The highest BCUT2D eigenvalue weighted by molar-refractivity contribution is 5.87. The van der Waals surface area contributed by atoms with Crippen molar-refractivity contribution in [3.8, 4) is 0 Å². The third kappa shape index (κ3) is 0.759. The van der Waals surface area contributed by atoms with E-state index < -0.39 is 5.97 Å². The fraction of sp³-hybridized carbons (Fsp3) is 0. The number of rotatable bonds is 1. The van der Waals surface area contributed by atoms with Crippen molar-refractivity contribution >= 4 is 17.1 Å². The minimum Gasteiger partial charge on any atom is -0.475 e. The van der Waals surface area contributed by atoms with Gasteiger partial charge in [-0.05, 0) is 0 Å². The van der Waals surface area contributed by atoms with E-state index in [0.717, 1.165) is 0 Å². The summed E-state index contributed by atoms with van der Waals surface area (Å²) in [7, 11) is 0. The van der Waals surface area contributed by atoms with Crippen LogP contribution in [-0.2, 0) is 0 Å². The topological polar surface area (TPSA) is 94.7 Å². The molecule has 0 aliphatic rings. The Labute approximate surface area is 60.3 Å². The van der Waals surface area contributed by atoms with Gasteiger partial charge in [0.05, 0.1) is 6.20 Å². The number of aromatic nitrogens is 4. The van der Waals surface area contributed by atoms with Crippen LogP contribution < -0.4 is 0 Å². The van der Waals surface area contributed by atoms with Crippen LogP contribution in [0.15, 0.2) is 6.20 Å². The molecular formula is C5H4N4O2. The summed E-state index contributed by atoms with van der Waals surface area (Å²) in [5, 5.41) is 14.7. The van der Waals surface area contributed by atoms with Gasteiger partial charge in [0.2, 0.25) is 5.82 Å². The summed E-state index contributed by atoms with van der Waals surface area (Å²) >= 11 is 0. The Bertz CT molecular complexity index is 373. The van der Waals surface area contributed by atoms with E-state index in [-0.39, 0.29) is 5.82 Å². The van der Waals surface area contributed by atoms with Gasteiger partial charge in [-0.1, -0.05) is 0 Å². The van der Waals surface area contributed by atoms with Gasteiger partial charge in [-0.25, -0.2) is 9.78 Å². The number of fused-ring (bicyclic) bond motifs is 1. The van der Waals surface area contributed by atoms with Gasteiger partial charge in [-0.2, -0.15) is 5.10 Å². The van der Waals surface area contributed by atoms with E-state index in [4.69, 9.17) is 5.11 Å². The van der Waals surface area contributed by atoms with Gasteiger partial charge >= 0.3 is 5.97 Å². The van der Waals surface area contributed by atoms with Crippen molar-refractivity contribution in [1.82, 2.24) is 20.2 Å². The normalized spacial score (nSPS) is 10.5. The maximum atomic E-state index is 10.3. The van der Waals surface area contributed by atoms with Crippen molar-refractivity contribution in [2.24, 2.45) is 0 Å². The molecule has 56 valence electrons. The predicted octanol–water partition coefficient (Wildman–Crippen LogP) is -0.0158. The molecule has 3 N–H and O–H groups in total. The Kier molecular flexibility index (Phi) is 0.974. The molecule has 6 heteroatoms. The SMILES string of the molecule is O=C(O)c1nc2[nH]ncc2[nH]1. The molecule has 0 unspecified atom stereocenters. The number of nitrogens with zero attached hydrogens (tertiary/aromatic N) is 2. The van der Waals surface area contributed by atoms with Crippen molar-refractivity contribution in [2.45, 2.75) is 0 Å². The Hall–Kier alpha value is -1.85. The van der Waals surface area contributed by atoms with Crippen LogP contribution in [-0.4, -0.2) is 31.2 Å². The van der Waals surface area contributed by atoms with Gasteiger partial charge in [-0.3, -0.25) is 5.10 Å². The standard InChI is InChI=1S/C5H4N4O2/c10-5(11)4-7-2-1-6-9-3(2)8-4/h1H,(H,10,11)(H2,6,7,8,9). The van der Waals surface area contributed by atoms with Crippen LogP contribution in [0.25, 0.3) is 11.2 Å². The third-order valence-electron chi connectivity index (χ3n) is 1.30. The smallest absolute Gasteiger partial charge is 0.371 e. The quantitative estimate of drug-likeness (QED) is 0.535. The molecule has 11 heavy (non-hydrogen) atoms. The van der Waals surface area contributed by atoms with Gasteiger partial charge in [0.25, 0.3) is 0 Å². The Balaban J connectivity index is 2.67. The molecule has 0 bridgehead atoms. The fourth-order valence-corrected chi connectivity index (χ4v) is 0.825. The largest absolute Gasteiger partial charge is 0.475 e. The Morgan fingerprint density at radius 1 is 1.64 bits per heavy atom. The van der Waals surface area contributed by atoms with E-state index in [1.54, 1.807) is 0 Å². The lowest BCUT2D eigenvalue weighted by Crippen LogP contribution is -1.98. The molecule has 2 heterocycles.